The molecule has 1 N–H and O–H groups in total. The zero-order valence-electron chi connectivity index (χ0n) is 12.2. The van der Waals surface area contributed by atoms with Gasteiger partial charge in [-0.2, -0.15) is 0 Å². The molecular weight excluding hydrogens is 377 g/mol. The highest BCUT2D eigenvalue weighted by molar-refractivity contribution is 14.1. The van der Waals surface area contributed by atoms with E-state index in [9.17, 15) is 4.79 Å². The minimum atomic E-state index is -0.0760. The van der Waals surface area contributed by atoms with Gasteiger partial charge in [0.1, 0.15) is 0 Å². The molecule has 0 aliphatic carbocycles. The van der Waals surface area contributed by atoms with Crippen LogP contribution in [0.2, 0.25) is 0 Å². The average molecular weight is 395 g/mol. The Morgan fingerprint density at radius 2 is 1.95 bits per heavy atom. The summed E-state index contributed by atoms with van der Waals surface area (Å²) in [6.07, 6.45) is 0.776. The van der Waals surface area contributed by atoms with E-state index < -0.39 is 0 Å². The molecule has 21 heavy (non-hydrogen) atoms. The van der Waals surface area contributed by atoms with E-state index in [4.69, 9.17) is 4.74 Å². The van der Waals surface area contributed by atoms with Crippen LogP contribution in [0.5, 0.6) is 0 Å². The maximum Gasteiger partial charge on any atom is 0.256 e. The van der Waals surface area contributed by atoms with Crippen molar-refractivity contribution in [2.24, 2.45) is 0 Å². The normalized spacial score (nSPS) is 10.4. The largest absolute Gasteiger partial charge is 0.384 e. The minimum Gasteiger partial charge on any atom is -0.384 e. The first-order chi connectivity index (χ1) is 10.1. The van der Waals surface area contributed by atoms with E-state index in [0.29, 0.717) is 12.2 Å². The minimum absolute atomic E-state index is 0.0760. The van der Waals surface area contributed by atoms with Gasteiger partial charge in [0.15, 0.2) is 0 Å². The predicted molar refractivity (Wildman–Crippen MR) is 93.9 cm³/mol. The number of benzene rings is 2. The predicted octanol–water partition coefficient (Wildman–Crippen LogP) is 4.04. The monoisotopic (exact) mass is 395 g/mol. The molecule has 2 rings (SSSR count). The van der Waals surface area contributed by atoms with Gasteiger partial charge in [0.05, 0.1) is 12.2 Å². The maximum absolute atomic E-state index is 12.5. The van der Waals surface area contributed by atoms with Crippen LogP contribution in [0.15, 0.2) is 42.5 Å². The fourth-order valence-corrected chi connectivity index (χ4v) is 2.69. The molecule has 0 unspecified atom stereocenters. The van der Waals surface area contributed by atoms with Crippen molar-refractivity contribution in [3.8, 4) is 0 Å². The van der Waals surface area contributed by atoms with Crippen molar-refractivity contribution in [2.45, 2.75) is 13.3 Å². The van der Waals surface area contributed by atoms with Gasteiger partial charge in [0, 0.05) is 16.4 Å². The summed E-state index contributed by atoms with van der Waals surface area (Å²) in [4.78, 5) is 12.5. The zero-order chi connectivity index (χ0) is 15.2. The van der Waals surface area contributed by atoms with Crippen LogP contribution in [0.25, 0.3) is 0 Å². The van der Waals surface area contributed by atoms with Crippen molar-refractivity contribution >= 4 is 34.2 Å². The lowest BCUT2D eigenvalue weighted by molar-refractivity contribution is 0.102. The third kappa shape index (κ3) is 4.04. The lowest BCUT2D eigenvalue weighted by Crippen LogP contribution is -2.15. The Hall–Kier alpha value is -1.40. The molecule has 0 aromatic heterocycles. The lowest BCUT2D eigenvalue weighted by atomic mass is 10.1. The second-order valence-corrected chi connectivity index (χ2v) is 5.87. The molecule has 1 amide bonds. The Labute approximate surface area is 138 Å². The van der Waals surface area contributed by atoms with E-state index in [1.165, 1.54) is 0 Å². The Balaban J connectivity index is 2.22. The van der Waals surface area contributed by atoms with Gasteiger partial charge in [-0.25, -0.2) is 0 Å². The summed E-state index contributed by atoms with van der Waals surface area (Å²) in [6.45, 7) is 2.64. The smallest absolute Gasteiger partial charge is 0.256 e. The molecule has 2 aromatic carbocycles. The molecular formula is C17H18INO2. The quantitative estimate of drug-likeness (QED) is 0.777. The summed E-state index contributed by atoms with van der Waals surface area (Å²) in [6, 6.07) is 13.6. The van der Waals surface area contributed by atoms with Gasteiger partial charge in [-0.05, 0) is 59.2 Å². The van der Waals surface area contributed by atoms with Gasteiger partial charge in [-0.1, -0.05) is 30.3 Å². The number of ether oxygens (including phenoxy) is 1. The molecule has 110 valence electrons. The molecule has 3 nitrogen and oxygen atoms in total. The van der Waals surface area contributed by atoms with Crippen LogP contribution < -0.4 is 5.32 Å². The van der Waals surface area contributed by atoms with Gasteiger partial charge >= 0.3 is 0 Å². The number of hydrogen-bond donors (Lipinski definition) is 1. The summed E-state index contributed by atoms with van der Waals surface area (Å²) in [5.74, 6) is -0.0760. The van der Waals surface area contributed by atoms with E-state index in [-0.39, 0.29) is 5.91 Å². The Kier molecular flexibility index (Phi) is 5.76. The number of amides is 1. The van der Waals surface area contributed by atoms with Crippen LogP contribution in [-0.4, -0.2) is 19.6 Å². The molecule has 0 spiro atoms. The molecule has 0 atom stereocenters. The van der Waals surface area contributed by atoms with Crippen LogP contribution in [0.1, 0.15) is 21.5 Å². The molecule has 0 saturated carbocycles. The third-order valence-corrected chi connectivity index (χ3v) is 4.71. The lowest BCUT2D eigenvalue weighted by Gasteiger charge is -2.12. The number of halogens is 1. The van der Waals surface area contributed by atoms with Gasteiger partial charge in [-0.15, -0.1) is 0 Å². The number of rotatable bonds is 5. The van der Waals surface area contributed by atoms with Crippen molar-refractivity contribution in [3.05, 3.63) is 62.7 Å². The third-order valence-electron chi connectivity index (χ3n) is 3.28. The van der Waals surface area contributed by atoms with Crippen molar-refractivity contribution in [2.75, 3.05) is 19.0 Å². The first-order valence-electron chi connectivity index (χ1n) is 6.76. The number of para-hydroxylation sites is 1. The molecule has 0 heterocycles. The van der Waals surface area contributed by atoms with Crippen LogP contribution in [-0.2, 0) is 11.2 Å². The van der Waals surface area contributed by atoms with E-state index in [2.05, 4.69) is 27.9 Å². The van der Waals surface area contributed by atoms with Gasteiger partial charge in [0.2, 0.25) is 0 Å². The number of anilines is 1. The zero-order valence-corrected chi connectivity index (χ0v) is 14.3. The first-order valence-corrected chi connectivity index (χ1v) is 7.84. The van der Waals surface area contributed by atoms with E-state index in [0.717, 1.165) is 26.8 Å². The Bertz CT molecular complexity index is 640. The molecule has 0 aliphatic heterocycles. The number of nitrogens with one attached hydrogen (secondary N) is 1. The highest BCUT2D eigenvalue weighted by Gasteiger charge is 2.12. The van der Waals surface area contributed by atoms with Crippen molar-refractivity contribution in [1.29, 1.82) is 0 Å². The highest BCUT2D eigenvalue weighted by atomic mass is 127. The van der Waals surface area contributed by atoms with E-state index >= 15 is 0 Å². The standard InChI is InChI=1S/C17H18INO2/c1-12-6-5-8-14(16(12)18)17(20)19-15-9-4-3-7-13(15)10-11-21-2/h3-9H,10-11H2,1-2H3,(H,19,20). The number of carbonyl (C=O) groups is 1. The SMILES string of the molecule is COCCc1ccccc1NC(=O)c1cccc(C)c1I. The summed E-state index contributed by atoms with van der Waals surface area (Å²) in [5, 5.41) is 3.00. The summed E-state index contributed by atoms with van der Waals surface area (Å²) in [7, 11) is 1.68. The van der Waals surface area contributed by atoms with Gasteiger partial charge in [0.25, 0.3) is 5.91 Å². The molecule has 0 bridgehead atoms. The Morgan fingerprint density at radius 1 is 1.19 bits per heavy atom. The van der Waals surface area contributed by atoms with Crippen molar-refractivity contribution in [3.63, 3.8) is 0 Å². The number of carbonyl (C=O) groups excluding carboxylic acids is 1. The number of methoxy groups -OCH3 is 1. The summed E-state index contributed by atoms with van der Waals surface area (Å²) >= 11 is 2.21. The molecule has 0 fully saturated rings. The average Bonchev–Trinajstić information content (AvgIpc) is 2.49. The molecule has 0 radical (unpaired) electrons. The van der Waals surface area contributed by atoms with Gasteiger partial charge < -0.3 is 10.1 Å². The molecule has 2 aromatic rings. The molecule has 4 heteroatoms. The highest BCUT2D eigenvalue weighted by Crippen LogP contribution is 2.20. The fraction of sp³-hybridized carbons (Fsp3) is 0.235. The van der Waals surface area contributed by atoms with Crippen LogP contribution >= 0.6 is 22.6 Å². The summed E-state index contributed by atoms with van der Waals surface area (Å²) in [5.41, 5.74) is 3.74. The van der Waals surface area contributed by atoms with E-state index in [1.54, 1.807) is 7.11 Å². The van der Waals surface area contributed by atoms with E-state index in [1.807, 2.05) is 49.4 Å². The second-order valence-electron chi connectivity index (χ2n) is 4.79. The van der Waals surface area contributed by atoms with Crippen molar-refractivity contribution in [1.82, 2.24) is 0 Å². The number of aryl methyl sites for hydroxylation is 1. The Morgan fingerprint density at radius 3 is 2.71 bits per heavy atom. The van der Waals surface area contributed by atoms with Gasteiger partial charge in [-0.3, -0.25) is 4.79 Å². The summed E-state index contributed by atoms with van der Waals surface area (Å²) < 4.78 is 6.10. The second kappa shape index (κ2) is 7.56. The van der Waals surface area contributed by atoms with Crippen LogP contribution in [0.4, 0.5) is 5.69 Å². The number of hydrogen-bond acceptors (Lipinski definition) is 2. The fourth-order valence-electron chi connectivity index (χ4n) is 2.08. The maximum atomic E-state index is 12.5. The van der Waals surface area contributed by atoms with Crippen LogP contribution in [0.3, 0.4) is 0 Å². The first kappa shape index (κ1) is 16.0. The van der Waals surface area contributed by atoms with Crippen LogP contribution in [0, 0.1) is 10.5 Å². The molecule has 0 aliphatic rings. The molecule has 0 saturated heterocycles. The topological polar surface area (TPSA) is 38.3 Å². The van der Waals surface area contributed by atoms with Crippen molar-refractivity contribution < 1.29 is 9.53 Å².